The predicted octanol–water partition coefficient (Wildman–Crippen LogP) is 4.48. The number of carbonyl (C=O) groups excluding carboxylic acids is 4. The molecule has 1 saturated heterocycles. The molecular weight excluding hydrogens is 621 g/mol. The quantitative estimate of drug-likeness (QED) is 0.210. The second-order valence-corrected chi connectivity index (χ2v) is 12.1. The van der Waals surface area contributed by atoms with E-state index in [0.717, 1.165) is 18.0 Å². The number of H-pyrrole nitrogens is 1. The third kappa shape index (κ3) is 9.09. The number of hydrogen-bond acceptors (Lipinski definition) is 8. The van der Waals surface area contributed by atoms with E-state index in [0.29, 0.717) is 92.5 Å². The zero-order valence-corrected chi connectivity index (χ0v) is 28.7. The average Bonchev–Trinajstić information content (AvgIpc) is 3.54. The summed E-state index contributed by atoms with van der Waals surface area (Å²) in [4.78, 5) is 61.1. The molecule has 0 aliphatic carbocycles. The number of hydrogen-bond donors (Lipinski definition) is 2. The number of aryl methyl sites for hydroxylation is 1. The van der Waals surface area contributed by atoms with Crippen LogP contribution in [0, 0.1) is 25.6 Å². The second kappa shape index (κ2) is 17.4. The topological polar surface area (TPSA) is 134 Å². The third-order valence-electron chi connectivity index (χ3n) is 9.04. The number of likely N-dealkylation sites (tertiary alicyclic amines) is 1. The molecule has 1 aromatic heterocycles. The molecule has 1 aromatic carbocycles. The molecule has 0 bridgehead atoms. The number of fused-ring (bicyclic) bond motifs is 1. The molecule has 2 N–H and O–H groups in total. The van der Waals surface area contributed by atoms with Gasteiger partial charge < -0.3 is 34.3 Å². The van der Waals surface area contributed by atoms with Crippen LogP contribution in [-0.4, -0.2) is 116 Å². The Labute approximate surface area is 281 Å². The van der Waals surface area contributed by atoms with Gasteiger partial charge in [0, 0.05) is 55.9 Å². The fraction of sp³-hybridized carbons (Fsp3) is 0.543. The van der Waals surface area contributed by atoms with Crippen molar-refractivity contribution in [3.63, 3.8) is 0 Å². The van der Waals surface area contributed by atoms with E-state index in [1.165, 1.54) is 18.2 Å². The van der Waals surface area contributed by atoms with E-state index in [1.807, 2.05) is 18.7 Å². The number of aromatic nitrogens is 1. The van der Waals surface area contributed by atoms with Crippen LogP contribution < -0.4 is 5.32 Å². The van der Waals surface area contributed by atoms with Gasteiger partial charge in [0.2, 0.25) is 5.91 Å². The van der Waals surface area contributed by atoms with Gasteiger partial charge in [0.05, 0.1) is 44.0 Å². The molecule has 48 heavy (non-hydrogen) atoms. The number of benzene rings is 1. The first-order valence-electron chi connectivity index (χ1n) is 16.6. The first kappa shape index (κ1) is 36.8. The van der Waals surface area contributed by atoms with Crippen LogP contribution in [0.2, 0.25) is 0 Å². The van der Waals surface area contributed by atoms with Crippen molar-refractivity contribution in [1.82, 2.24) is 19.7 Å². The van der Waals surface area contributed by atoms with Crippen molar-refractivity contribution in [3.8, 4) is 0 Å². The van der Waals surface area contributed by atoms with Crippen molar-refractivity contribution < 1.29 is 37.8 Å². The highest BCUT2D eigenvalue weighted by atomic mass is 19.1. The summed E-state index contributed by atoms with van der Waals surface area (Å²) < 4.78 is 30.1. The fourth-order valence-corrected chi connectivity index (χ4v) is 6.06. The summed E-state index contributed by atoms with van der Waals surface area (Å²) in [7, 11) is 1.60. The van der Waals surface area contributed by atoms with Crippen molar-refractivity contribution in [2.45, 2.75) is 47.0 Å². The van der Waals surface area contributed by atoms with E-state index in [-0.39, 0.29) is 36.5 Å². The number of methoxy groups -OCH3 is 1. The van der Waals surface area contributed by atoms with Crippen LogP contribution in [0.5, 0.6) is 0 Å². The van der Waals surface area contributed by atoms with Crippen molar-refractivity contribution >= 4 is 41.2 Å². The van der Waals surface area contributed by atoms with Gasteiger partial charge in [0.1, 0.15) is 5.82 Å². The molecule has 262 valence electrons. The molecule has 4 amide bonds. The second-order valence-electron chi connectivity index (χ2n) is 12.1. The lowest BCUT2D eigenvalue weighted by Crippen LogP contribution is -2.44. The number of likely N-dealkylation sites (N-methyl/N-ethyl adjacent to an activating group) is 1. The number of nitrogens with one attached hydrogen (secondary N) is 2. The lowest BCUT2D eigenvalue weighted by atomic mass is 9.97. The number of rotatable bonds is 15. The van der Waals surface area contributed by atoms with Gasteiger partial charge >= 0.3 is 6.09 Å². The van der Waals surface area contributed by atoms with E-state index in [2.05, 4.69) is 15.2 Å². The van der Waals surface area contributed by atoms with Gasteiger partial charge in [-0.15, -0.1) is 0 Å². The summed E-state index contributed by atoms with van der Waals surface area (Å²) in [5.74, 6) is -1.24. The Bertz CT molecular complexity index is 1490. The fourth-order valence-electron chi connectivity index (χ4n) is 6.06. The van der Waals surface area contributed by atoms with Gasteiger partial charge in [0.15, 0.2) is 0 Å². The van der Waals surface area contributed by atoms with Gasteiger partial charge in [-0.3, -0.25) is 14.4 Å². The smallest absolute Gasteiger partial charge is 0.416 e. The van der Waals surface area contributed by atoms with Gasteiger partial charge in [-0.2, -0.15) is 0 Å². The molecule has 0 unspecified atom stereocenters. The number of piperidine rings is 1. The van der Waals surface area contributed by atoms with E-state index >= 15 is 0 Å². The number of imide groups is 1. The normalized spacial score (nSPS) is 15.6. The molecule has 4 rings (SSSR count). The maximum atomic E-state index is 14.1. The standard InChI is InChI=1S/C35H48FN5O7/c1-6-39(7-2)15-16-41(35(45)48-22-25-10-13-40(14-11-25)31(42)12-17-47-19-18-46-5)34(44)32-23(3)30(37-24(32)4)21-28-27-20-26(36)8-9-29(27)38-33(28)43/h8-9,20-21,25,37H,6-7,10-19,22H2,1-5H3,(H,38,43)/b28-21-. The molecule has 12 nitrogen and oxygen atoms in total. The maximum Gasteiger partial charge on any atom is 0.416 e. The lowest BCUT2D eigenvalue weighted by Gasteiger charge is -2.32. The first-order chi connectivity index (χ1) is 23.1. The molecule has 0 radical (unpaired) electrons. The number of carbonyl (C=O) groups is 4. The SMILES string of the molecule is CCN(CC)CCN(C(=O)OCC1CCN(C(=O)CCOCCOC)CC1)C(=O)c1c(C)[nH]c(/C=C2\C(=O)Nc3ccc(F)cc32)c1C. The summed E-state index contributed by atoms with van der Waals surface area (Å²) >= 11 is 0. The van der Waals surface area contributed by atoms with Gasteiger partial charge in [-0.25, -0.2) is 14.1 Å². The van der Waals surface area contributed by atoms with Crippen LogP contribution in [-0.2, 0) is 23.8 Å². The molecule has 0 saturated carbocycles. The highest BCUT2D eigenvalue weighted by molar-refractivity contribution is 6.35. The van der Waals surface area contributed by atoms with Crippen LogP contribution >= 0.6 is 0 Å². The number of aromatic amines is 1. The van der Waals surface area contributed by atoms with Crippen LogP contribution in [0.25, 0.3) is 11.6 Å². The van der Waals surface area contributed by atoms with Crippen LogP contribution in [0.1, 0.15) is 66.0 Å². The molecule has 2 aromatic rings. The van der Waals surface area contributed by atoms with Crippen LogP contribution in [0.3, 0.4) is 0 Å². The van der Waals surface area contributed by atoms with E-state index in [9.17, 15) is 23.6 Å². The van der Waals surface area contributed by atoms with E-state index in [1.54, 1.807) is 27.0 Å². The molecule has 3 heterocycles. The molecule has 2 aliphatic rings. The number of nitrogens with zero attached hydrogens (tertiary/aromatic N) is 3. The first-order valence-corrected chi connectivity index (χ1v) is 16.6. The molecule has 2 aliphatic heterocycles. The molecule has 0 atom stereocenters. The molecule has 1 fully saturated rings. The summed E-state index contributed by atoms with van der Waals surface area (Å²) in [6, 6.07) is 4.09. The number of amides is 4. The maximum absolute atomic E-state index is 14.1. The summed E-state index contributed by atoms with van der Waals surface area (Å²) in [5.41, 5.74) is 3.14. The lowest BCUT2D eigenvalue weighted by molar-refractivity contribution is -0.134. The average molecular weight is 670 g/mol. The van der Waals surface area contributed by atoms with Gasteiger partial charge in [0.25, 0.3) is 11.8 Å². The summed E-state index contributed by atoms with van der Waals surface area (Å²) in [6.07, 6.45) is 2.56. The van der Waals surface area contributed by atoms with Crippen LogP contribution in [0.4, 0.5) is 14.9 Å². The molecule has 13 heteroatoms. The Morgan fingerprint density at radius 3 is 2.48 bits per heavy atom. The predicted molar refractivity (Wildman–Crippen MR) is 180 cm³/mol. The minimum absolute atomic E-state index is 0.0354. The van der Waals surface area contributed by atoms with E-state index < -0.39 is 17.8 Å². The number of halogens is 1. The Hall–Kier alpha value is -4.07. The van der Waals surface area contributed by atoms with Crippen molar-refractivity contribution in [2.75, 3.05) is 78.1 Å². The zero-order chi connectivity index (χ0) is 34.8. The van der Waals surface area contributed by atoms with Gasteiger partial charge in [-0.05, 0) is 75.5 Å². The summed E-state index contributed by atoms with van der Waals surface area (Å²) in [6.45, 7) is 12.2. The number of anilines is 1. The number of ether oxygens (including phenoxy) is 3. The Morgan fingerprint density at radius 2 is 1.79 bits per heavy atom. The minimum Gasteiger partial charge on any atom is -0.449 e. The minimum atomic E-state index is -0.724. The van der Waals surface area contributed by atoms with Crippen molar-refractivity contribution in [3.05, 3.63) is 52.1 Å². The van der Waals surface area contributed by atoms with Crippen molar-refractivity contribution in [1.29, 1.82) is 0 Å². The van der Waals surface area contributed by atoms with Crippen LogP contribution in [0.15, 0.2) is 18.2 Å². The Balaban J connectivity index is 1.43. The highest BCUT2D eigenvalue weighted by Crippen LogP contribution is 2.34. The van der Waals surface area contributed by atoms with Crippen molar-refractivity contribution in [2.24, 2.45) is 5.92 Å². The van der Waals surface area contributed by atoms with Gasteiger partial charge in [-0.1, -0.05) is 13.8 Å². The summed E-state index contributed by atoms with van der Waals surface area (Å²) in [5, 5.41) is 2.74. The monoisotopic (exact) mass is 669 g/mol. The third-order valence-corrected chi connectivity index (χ3v) is 9.04. The Morgan fingerprint density at radius 1 is 1.06 bits per heavy atom. The molecular formula is C35H48FN5O7. The highest BCUT2D eigenvalue weighted by Gasteiger charge is 2.31. The Kier molecular flexibility index (Phi) is 13.3. The largest absolute Gasteiger partial charge is 0.449 e. The molecule has 0 spiro atoms. The zero-order valence-electron chi connectivity index (χ0n) is 28.7. The van der Waals surface area contributed by atoms with E-state index in [4.69, 9.17) is 14.2 Å².